The van der Waals surface area contributed by atoms with Gasteiger partial charge in [0.25, 0.3) is 0 Å². The number of ether oxygens (including phenoxy) is 1. The van der Waals surface area contributed by atoms with Crippen LogP contribution in [-0.4, -0.2) is 28.6 Å². The Morgan fingerprint density at radius 1 is 1.44 bits per heavy atom. The van der Waals surface area contributed by atoms with Gasteiger partial charge in [0, 0.05) is 22.5 Å². The first-order valence-electron chi connectivity index (χ1n) is 6.24. The summed E-state index contributed by atoms with van der Waals surface area (Å²) in [6.07, 6.45) is 2.22. The van der Waals surface area contributed by atoms with E-state index < -0.39 is 0 Å². The molecule has 18 heavy (non-hydrogen) atoms. The van der Waals surface area contributed by atoms with Crippen molar-refractivity contribution in [3.8, 4) is 5.88 Å². The molecule has 2 unspecified atom stereocenters. The van der Waals surface area contributed by atoms with Crippen LogP contribution in [0.25, 0.3) is 0 Å². The number of hydrogen-bond acceptors (Lipinski definition) is 3. The topological polar surface area (TPSA) is 34.1 Å². The standard InChI is InChI=1S/C13H20FIN2O/c1-3-10(12(7-15)16-4-2)9-18-13-6-5-11(14)8-17-13/h5-6,8,10,12,16H,3-4,7,9H2,1-2H3. The molecule has 0 aromatic carbocycles. The molecule has 0 aliphatic heterocycles. The molecule has 102 valence electrons. The zero-order valence-corrected chi connectivity index (χ0v) is 13.0. The molecule has 5 heteroatoms. The van der Waals surface area contributed by atoms with E-state index in [9.17, 15) is 4.39 Å². The van der Waals surface area contributed by atoms with Gasteiger partial charge in [0.15, 0.2) is 0 Å². The lowest BCUT2D eigenvalue weighted by Crippen LogP contribution is -2.40. The zero-order valence-electron chi connectivity index (χ0n) is 10.8. The SMILES string of the molecule is CCNC(CI)C(CC)COc1ccc(F)cn1. The summed E-state index contributed by atoms with van der Waals surface area (Å²) >= 11 is 2.39. The van der Waals surface area contributed by atoms with E-state index in [4.69, 9.17) is 4.74 Å². The molecule has 1 aromatic rings. The van der Waals surface area contributed by atoms with E-state index in [0.717, 1.165) is 17.4 Å². The maximum atomic E-state index is 12.7. The van der Waals surface area contributed by atoms with Gasteiger partial charge in [-0.05, 0) is 19.0 Å². The lowest BCUT2D eigenvalue weighted by molar-refractivity contribution is 0.207. The van der Waals surface area contributed by atoms with E-state index in [1.165, 1.54) is 12.3 Å². The monoisotopic (exact) mass is 366 g/mol. The van der Waals surface area contributed by atoms with Crippen LogP contribution >= 0.6 is 22.6 Å². The van der Waals surface area contributed by atoms with Gasteiger partial charge in [-0.1, -0.05) is 36.4 Å². The van der Waals surface area contributed by atoms with Crippen molar-refractivity contribution in [3.63, 3.8) is 0 Å². The summed E-state index contributed by atoms with van der Waals surface area (Å²) in [6, 6.07) is 3.37. The Labute approximate surface area is 122 Å². The lowest BCUT2D eigenvalue weighted by Gasteiger charge is -2.25. The predicted molar refractivity (Wildman–Crippen MR) is 79.8 cm³/mol. The molecule has 0 radical (unpaired) electrons. The molecule has 3 nitrogen and oxygen atoms in total. The van der Waals surface area contributed by atoms with Gasteiger partial charge in [-0.25, -0.2) is 9.37 Å². The Hall–Kier alpha value is -0.430. The number of alkyl halides is 1. The van der Waals surface area contributed by atoms with E-state index in [-0.39, 0.29) is 5.82 Å². The number of halogens is 2. The van der Waals surface area contributed by atoms with Crippen LogP contribution in [0.5, 0.6) is 5.88 Å². The summed E-state index contributed by atoms with van der Waals surface area (Å²) in [7, 11) is 0. The molecule has 1 aromatic heterocycles. The molecule has 0 aliphatic rings. The van der Waals surface area contributed by atoms with Crippen molar-refractivity contribution < 1.29 is 9.13 Å². The second-order valence-corrected chi connectivity index (χ2v) is 4.99. The number of hydrogen-bond donors (Lipinski definition) is 1. The highest BCUT2D eigenvalue weighted by atomic mass is 127. The highest BCUT2D eigenvalue weighted by molar-refractivity contribution is 14.1. The van der Waals surface area contributed by atoms with Gasteiger partial charge in [-0.15, -0.1) is 0 Å². The predicted octanol–water partition coefficient (Wildman–Crippen LogP) is 3.04. The highest BCUT2D eigenvalue weighted by Gasteiger charge is 2.18. The number of rotatable bonds is 8. The maximum Gasteiger partial charge on any atom is 0.213 e. The zero-order chi connectivity index (χ0) is 13.4. The molecule has 1 N–H and O–H groups in total. The van der Waals surface area contributed by atoms with Crippen LogP contribution in [0.15, 0.2) is 18.3 Å². The average molecular weight is 366 g/mol. The van der Waals surface area contributed by atoms with Gasteiger partial charge in [0.05, 0.1) is 12.8 Å². The van der Waals surface area contributed by atoms with Crippen LogP contribution in [0.4, 0.5) is 4.39 Å². The first-order valence-corrected chi connectivity index (χ1v) is 7.77. The van der Waals surface area contributed by atoms with Crippen molar-refractivity contribution in [1.82, 2.24) is 10.3 Å². The molecule has 1 rings (SSSR count). The molecule has 0 saturated heterocycles. The van der Waals surface area contributed by atoms with Crippen LogP contribution in [0.2, 0.25) is 0 Å². The van der Waals surface area contributed by atoms with Gasteiger partial charge >= 0.3 is 0 Å². The third-order valence-corrected chi connectivity index (χ3v) is 3.82. The molecule has 0 amide bonds. The minimum absolute atomic E-state index is 0.341. The number of nitrogens with zero attached hydrogens (tertiary/aromatic N) is 1. The normalized spacial score (nSPS) is 14.2. The van der Waals surface area contributed by atoms with E-state index in [1.807, 2.05) is 0 Å². The fraction of sp³-hybridized carbons (Fsp3) is 0.615. The number of aromatic nitrogens is 1. The fourth-order valence-corrected chi connectivity index (χ4v) is 2.80. The molecule has 0 fully saturated rings. The van der Waals surface area contributed by atoms with Crippen molar-refractivity contribution in [2.45, 2.75) is 26.3 Å². The molecule has 1 heterocycles. The Bertz CT molecular complexity index is 334. The Balaban J connectivity index is 2.50. The molecular formula is C13H20FIN2O. The summed E-state index contributed by atoms with van der Waals surface area (Å²) in [5, 5.41) is 3.46. The third kappa shape index (κ3) is 5.06. The molecule has 0 bridgehead atoms. The van der Waals surface area contributed by atoms with Crippen molar-refractivity contribution in [1.29, 1.82) is 0 Å². The van der Waals surface area contributed by atoms with E-state index >= 15 is 0 Å². The Kier molecular flexibility index (Phi) is 7.50. The Morgan fingerprint density at radius 2 is 2.22 bits per heavy atom. The van der Waals surface area contributed by atoms with E-state index in [1.54, 1.807) is 6.07 Å². The first-order chi connectivity index (χ1) is 8.71. The number of nitrogens with one attached hydrogen (secondary N) is 1. The minimum atomic E-state index is -0.341. The van der Waals surface area contributed by atoms with Crippen LogP contribution in [0.1, 0.15) is 20.3 Å². The molecule has 0 spiro atoms. The van der Waals surface area contributed by atoms with Gasteiger partial charge in [-0.3, -0.25) is 0 Å². The van der Waals surface area contributed by atoms with Crippen molar-refractivity contribution in [3.05, 3.63) is 24.1 Å². The van der Waals surface area contributed by atoms with Crippen LogP contribution in [-0.2, 0) is 0 Å². The van der Waals surface area contributed by atoms with Crippen molar-refractivity contribution in [2.24, 2.45) is 5.92 Å². The second kappa shape index (κ2) is 8.63. The Morgan fingerprint density at radius 3 is 2.72 bits per heavy atom. The van der Waals surface area contributed by atoms with Crippen molar-refractivity contribution >= 4 is 22.6 Å². The third-order valence-electron chi connectivity index (χ3n) is 2.87. The van der Waals surface area contributed by atoms with Gasteiger partial charge < -0.3 is 10.1 Å². The minimum Gasteiger partial charge on any atom is -0.477 e. The van der Waals surface area contributed by atoms with Crippen LogP contribution in [0.3, 0.4) is 0 Å². The van der Waals surface area contributed by atoms with E-state index in [0.29, 0.717) is 24.4 Å². The van der Waals surface area contributed by atoms with Crippen molar-refractivity contribution in [2.75, 3.05) is 17.6 Å². The fourth-order valence-electron chi connectivity index (χ4n) is 1.77. The summed E-state index contributed by atoms with van der Waals surface area (Å²) in [5.74, 6) is 0.583. The quantitative estimate of drug-likeness (QED) is 0.567. The second-order valence-electron chi connectivity index (χ2n) is 4.11. The lowest BCUT2D eigenvalue weighted by atomic mass is 9.99. The summed E-state index contributed by atoms with van der Waals surface area (Å²) in [5.41, 5.74) is 0. The van der Waals surface area contributed by atoms with Gasteiger partial charge in [-0.2, -0.15) is 0 Å². The highest BCUT2D eigenvalue weighted by Crippen LogP contribution is 2.14. The van der Waals surface area contributed by atoms with Gasteiger partial charge in [0.1, 0.15) is 5.82 Å². The summed E-state index contributed by atoms with van der Waals surface area (Å²) in [6.45, 7) is 5.83. The van der Waals surface area contributed by atoms with Gasteiger partial charge in [0.2, 0.25) is 5.88 Å². The molecular weight excluding hydrogens is 346 g/mol. The first kappa shape index (κ1) is 15.6. The largest absolute Gasteiger partial charge is 0.477 e. The molecule has 2 atom stereocenters. The number of pyridine rings is 1. The van der Waals surface area contributed by atoms with Crippen LogP contribution < -0.4 is 10.1 Å². The van der Waals surface area contributed by atoms with Crippen LogP contribution in [0, 0.1) is 11.7 Å². The molecule has 0 saturated carbocycles. The smallest absolute Gasteiger partial charge is 0.213 e. The van der Waals surface area contributed by atoms with E-state index in [2.05, 4.69) is 46.7 Å². The average Bonchev–Trinajstić information content (AvgIpc) is 2.40. The summed E-state index contributed by atoms with van der Waals surface area (Å²) in [4.78, 5) is 3.90. The molecule has 0 aliphatic carbocycles. The summed E-state index contributed by atoms with van der Waals surface area (Å²) < 4.78 is 19.4. The maximum absolute atomic E-state index is 12.7.